The lowest BCUT2D eigenvalue weighted by atomic mass is 10.2. The van der Waals surface area contributed by atoms with Gasteiger partial charge in [0.1, 0.15) is 5.60 Å². The minimum Gasteiger partial charge on any atom is -0.476 e. The summed E-state index contributed by atoms with van der Waals surface area (Å²) in [7, 11) is -3.59. The Morgan fingerprint density at radius 2 is 1.90 bits per heavy atom. The highest BCUT2D eigenvalue weighted by molar-refractivity contribution is 7.90. The highest BCUT2D eigenvalue weighted by Gasteiger charge is 2.21. The smallest absolute Gasteiger partial charge is 0.412 e. The minimum absolute atomic E-state index is 0.210. The Balaban J connectivity index is 3.19. The molecule has 0 aliphatic carbocycles. The summed E-state index contributed by atoms with van der Waals surface area (Å²) in [6.45, 7) is 4.90. The van der Waals surface area contributed by atoms with E-state index in [9.17, 15) is 18.0 Å². The number of rotatable bonds is 3. The van der Waals surface area contributed by atoms with Crippen molar-refractivity contribution in [2.24, 2.45) is 0 Å². The number of nitrogens with one attached hydrogen (secondary N) is 1. The number of pyridine rings is 1. The molecule has 0 atom stereocenters. The molecule has 116 valence electrons. The quantitative estimate of drug-likeness (QED) is 0.866. The molecule has 8 nitrogen and oxygen atoms in total. The molecular weight excluding hydrogens is 300 g/mol. The third-order valence-electron chi connectivity index (χ3n) is 2.13. The highest BCUT2D eigenvalue weighted by atomic mass is 32.2. The van der Waals surface area contributed by atoms with Crippen LogP contribution in [0.4, 0.5) is 10.5 Å². The molecule has 0 spiro atoms. The fourth-order valence-electron chi connectivity index (χ4n) is 1.33. The van der Waals surface area contributed by atoms with Gasteiger partial charge in [0.25, 0.3) is 0 Å². The van der Waals surface area contributed by atoms with Crippen molar-refractivity contribution in [3.8, 4) is 0 Å². The van der Waals surface area contributed by atoms with E-state index in [0.717, 1.165) is 18.5 Å². The third kappa shape index (κ3) is 5.03. The van der Waals surface area contributed by atoms with Crippen LogP contribution in [0.25, 0.3) is 0 Å². The zero-order valence-corrected chi connectivity index (χ0v) is 12.8. The molecule has 1 heterocycles. The lowest BCUT2D eigenvalue weighted by Crippen LogP contribution is -2.28. The van der Waals surface area contributed by atoms with Gasteiger partial charge in [0.15, 0.2) is 15.5 Å². The van der Waals surface area contributed by atoms with E-state index in [0.29, 0.717) is 0 Å². The van der Waals surface area contributed by atoms with Crippen molar-refractivity contribution in [2.45, 2.75) is 31.3 Å². The first-order valence-electron chi connectivity index (χ1n) is 5.83. The summed E-state index contributed by atoms with van der Waals surface area (Å²) in [5.41, 5.74) is -1.51. The summed E-state index contributed by atoms with van der Waals surface area (Å²) in [4.78, 5) is 26.0. The molecule has 0 unspecified atom stereocenters. The molecule has 0 aliphatic rings. The second-order valence-electron chi connectivity index (χ2n) is 5.27. The zero-order valence-electron chi connectivity index (χ0n) is 12.0. The molecule has 0 bridgehead atoms. The van der Waals surface area contributed by atoms with Crippen molar-refractivity contribution in [3.63, 3.8) is 0 Å². The Hall–Kier alpha value is -2.16. The summed E-state index contributed by atoms with van der Waals surface area (Å²) < 4.78 is 27.9. The van der Waals surface area contributed by atoms with Crippen LogP contribution in [0.2, 0.25) is 0 Å². The van der Waals surface area contributed by atoms with Gasteiger partial charge < -0.3 is 9.84 Å². The normalized spacial score (nSPS) is 11.8. The molecule has 9 heteroatoms. The van der Waals surface area contributed by atoms with E-state index in [4.69, 9.17) is 9.84 Å². The standard InChI is InChI=1S/C12H16N2O6S/c1-12(2,3)20-11(17)14-8-5-7(21(4,18)19)6-13-9(8)10(15)16/h5-6H,1-4H3,(H,14,17)(H,15,16). The number of sulfone groups is 1. The molecule has 21 heavy (non-hydrogen) atoms. The molecule has 0 saturated heterocycles. The molecule has 2 N–H and O–H groups in total. The average molecular weight is 316 g/mol. The molecule has 1 amide bonds. The van der Waals surface area contributed by atoms with E-state index in [1.54, 1.807) is 20.8 Å². The van der Waals surface area contributed by atoms with Crippen LogP contribution in [0.5, 0.6) is 0 Å². The second kappa shape index (κ2) is 5.68. The Kier molecular flexibility index (Phi) is 4.57. The summed E-state index contributed by atoms with van der Waals surface area (Å²) in [6, 6.07) is 1.02. The molecule has 1 aromatic heterocycles. The number of ether oxygens (including phenoxy) is 1. The average Bonchev–Trinajstić information content (AvgIpc) is 2.24. The van der Waals surface area contributed by atoms with Crippen LogP contribution in [0.3, 0.4) is 0 Å². The van der Waals surface area contributed by atoms with Gasteiger partial charge in [-0.2, -0.15) is 0 Å². The number of carbonyl (C=O) groups is 2. The number of aromatic carboxylic acids is 1. The first-order chi connectivity index (χ1) is 9.40. The van der Waals surface area contributed by atoms with Crippen LogP contribution in [-0.2, 0) is 14.6 Å². The van der Waals surface area contributed by atoms with E-state index < -0.39 is 33.2 Å². The second-order valence-corrected chi connectivity index (χ2v) is 7.29. The third-order valence-corrected chi connectivity index (χ3v) is 3.21. The zero-order chi connectivity index (χ0) is 16.4. The number of carboxylic acid groups (broad SMARTS) is 1. The topological polar surface area (TPSA) is 123 Å². The van der Waals surface area contributed by atoms with E-state index in [1.165, 1.54) is 0 Å². The van der Waals surface area contributed by atoms with Crippen LogP contribution >= 0.6 is 0 Å². The number of hydrogen-bond donors (Lipinski definition) is 2. The number of aromatic nitrogens is 1. The fraction of sp³-hybridized carbons (Fsp3) is 0.417. The van der Waals surface area contributed by atoms with E-state index >= 15 is 0 Å². The van der Waals surface area contributed by atoms with Gasteiger partial charge in [0.2, 0.25) is 0 Å². The van der Waals surface area contributed by atoms with Crippen molar-refractivity contribution in [2.75, 3.05) is 11.6 Å². The van der Waals surface area contributed by atoms with Gasteiger partial charge in [-0.1, -0.05) is 0 Å². The molecule has 1 rings (SSSR count). The molecule has 0 saturated carbocycles. The number of carbonyl (C=O) groups excluding carboxylic acids is 1. The molecule has 1 aromatic rings. The molecule has 0 aromatic carbocycles. The van der Waals surface area contributed by atoms with Crippen molar-refractivity contribution in [1.29, 1.82) is 0 Å². The fourth-order valence-corrected chi connectivity index (χ4v) is 1.90. The SMILES string of the molecule is CC(C)(C)OC(=O)Nc1cc(S(C)(=O)=O)cnc1C(=O)O. The van der Waals surface area contributed by atoms with Crippen LogP contribution in [0, 0.1) is 0 Å². The van der Waals surface area contributed by atoms with E-state index in [-0.39, 0.29) is 10.6 Å². The van der Waals surface area contributed by atoms with Gasteiger partial charge in [0, 0.05) is 12.5 Å². The van der Waals surface area contributed by atoms with Gasteiger partial charge >= 0.3 is 12.1 Å². The summed E-state index contributed by atoms with van der Waals surface area (Å²) in [5.74, 6) is -1.40. The van der Waals surface area contributed by atoms with Crippen LogP contribution in [0.1, 0.15) is 31.3 Å². The lowest BCUT2D eigenvalue weighted by Gasteiger charge is -2.20. The summed E-state index contributed by atoms with van der Waals surface area (Å²) in [6.07, 6.45) is 0.957. The Morgan fingerprint density at radius 1 is 1.33 bits per heavy atom. The van der Waals surface area contributed by atoms with Crippen LogP contribution in [0.15, 0.2) is 17.2 Å². The monoisotopic (exact) mass is 316 g/mol. The Morgan fingerprint density at radius 3 is 2.33 bits per heavy atom. The maximum Gasteiger partial charge on any atom is 0.412 e. The Bertz CT molecular complexity index is 675. The molecular formula is C12H16N2O6S. The number of nitrogens with zero attached hydrogens (tertiary/aromatic N) is 1. The number of carboxylic acids is 1. The summed E-state index contributed by atoms with van der Waals surface area (Å²) in [5, 5.41) is 11.2. The Labute approximate surface area is 122 Å². The first-order valence-corrected chi connectivity index (χ1v) is 7.73. The van der Waals surface area contributed by atoms with E-state index in [2.05, 4.69) is 10.3 Å². The predicted octanol–water partition coefficient (Wildman–Crippen LogP) is 1.53. The number of amides is 1. The predicted molar refractivity (Wildman–Crippen MR) is 74.2 cm³/mol. The van der Waals surface area contributed by atoms with E-state index in [1.807, 2.05) is 0 Å². The van der Waals surface area contributed by atoms with Crippen molar-refractivity contribution in [3.05, 3.63) is 18.0 Å². The van der Waals surface area contributed by atoms with Crippen LogP contribution < -0.4 is 5.32 Å². The maximum atomic E-state index is 11.7. The van der Waals surface area contributed by atoms with Gasteiger partial charge in [-0.05, 0) is 26.8 Å². The van der Waals surface area contributed by atoms with Gasteiger partial charge in [-0.3, -0.25) is 5.32 Å². The lowest BCUT2D eigenvalue weighted by molar-refractivity contribution is 0.0635. The summed E-state index contributed by atoms with van der Waals surface area (Å²) >= 11 is 0. The minimum atomic E-state index is -3.59. The van der Waals surface area contributed by atoms with Crippen molar-refractivity contribution in [1.82, 2.24) is 4.98 Å². The van der Waals surface area contributed by atoms with Gasteiger partial charge in [-0.15, -0.1) is 0 Å². The largest absolute Gasteiger partial charge is 0.476 e. The number of anilines is 1. The van der Waals surface area contributed by atoms with Gasteiger partial charge in [0.05, 0.1) is 10.6 Å². The number of hydrogen-bond acceptors (Lipinski definition) is 6. The van der Waals surface area contributed by atoms with Crippen molar-refractivity contribution >= 4 is 27.6 Å². The first kappa shape index (κ1) is 16.9. The van der Waals surface area contributed by atoms with Gasteiger partial charge in [-0.25, -0.2) is 23.0 Å². The molecule has 0 fully saturated rings. The highest BCUT2D eigenvalue weighted by Crippen LogP contribution is 2.20. The van der Waals surface area contributed by atoms with Crippen molar-refractivity contribution < 1.29 is 27.9 Å². The van der Waals surface area contributed by atoms with Crippen LogP contribution in [-0.4, -0.2) is 42.4 Å². The maximum absolute atomic E-state index is 11.7. The molecule has 0 radical (unpaired) electrons. The molecule has 0 aliphatic heterocycles.